The van der Waals surface area contributed by atoms with Crippen LogP contribution in [-0.4, -0.2) is 24.8 Å². The first-order valence-corrected chi connectivity index (χ1v) is 2.83. The zero-order valence-electron chi connectivity index (χ0n) is 5.80. The van der Waals surface area contributed by atoms with Gasteiger partial charge in [0.1, 0.15) is 5.60 Å². The molecule has 3 heteroatoms. The summed E-state index contributed by atoms with van der Waals surface area (Å²) in [5.74, 6) is -0.278. The summed E-state index contributed by atoms with van der Waals surface area (Å²) in [4.78, 5) is 10.6. The molecule has 3 nitrogen and oxygen atoms in total. The number of epoxide rings is 1. The summed E-state index contributed by atoms with van der Waals surface area (Å²) in [6, 6.07) is 0. The molecule has 0 saturated carbocycles. The molecule has 0 aliphatic carbocycles. The molecule has 0 aromatic rings. The van der Waals surface area contributed by atoms with Crippen LogP contribution in [0, 0.1) is 0 Å². The molecule has 1 heterocycles. The highest BCUT2D eigenvalue weighted by molar-refractivity contribution is 5.78. The van der Waals surface area contributed by atoms with Crippen molar-refractivity contribution in [2.24, 2.45) is 0 Å². The maximum absolute atomic E-state index is 10.6. The van der Waals surface area contributed by atoms with Crippen LogP contribution >= 0.6 is 0 Å². The molecule has 0 aromatic carbocycles. The highest BCUT2D eigenvalue weighted by Gasteiger charge is 2.54. The average Bonchev–Trinajstić information content (AvgIpc) is 2.38. The first-order chi connectivity index (χ1) is 4.08. The second kappa shape index (κ2) is 1.70. The van der Waals surface area contributed by atoms with Crippen molar-refractivity contribution in [1.82, 2.24) is 0 Å². The molecular weight excluding hydrogens is 120 g/mol. The Hall–Kier alpha value is -0.570. The number of hydrogen-bond donors (Lipinski definition) is 0. The lowest BCUT2D eigenvalue weighted by Gasteiger charge is -1.93. The number of rotatable bonds is 1. The molecule has 1 aliphatic rings. The van der Waals surface area contributed by atoms with Gasteiger partial charge in [-0.2, -0.15) is 0 Å². The van der Waals surface area contributed by atoms with E-state index in [0.717, 1.165) is 0 Å². The number of methoxy groups -OCH3 is 1. The third kappa shape index (κ3) is 1.05. The van der Waals surface area contributed by atoms with Crippen molar-refractivity contribution in [3.8, 4) is 0 Å². The van der Waals surface area contributed by atoms with Crippen LogP contribution in [0.15, 0.2) is 0 Å². The van der Waals surface area contributed by atoms with Crippen molar-refractivity contribution < 1.29 is 14.3 Å². The standard InChI is InChI=1S/C6H10O3/c1-6(2)4(9-6)5(7)8-3/h4H,1-3H3/t4-/m0/s1. The Morgan fingerprint density at radius 1 is 1.67 bits per heavy atom. The number of carbonyl (C=O) groups excluding carboxylic acids is 1. The fourth-order valence-electron chi connectivity index (χ4n) is 0.709. The second-order valence-electron chi connectivity index (χ2n) is 2.62. The van der Waals surface area contributed by atoms with Gasteiger partial charge < -0.3 is 9.47 Å². The van der Waals surface area contributed by atoms with E-state index in [2.05, 4.69) is 4.74 Å². The molecule has 0 spiro atoms. The molecule has 0 aromatic heterocycles. The average molecular weight is 130 g/mol. The van der Waals surface area contributed by atoms with E-state index in [4.69, 9.17) is 4.74 Å². The number of carbonyl (C=O) groups is 1. The molecule has 0 bridgehead atoms. The number of ether oxygens (including phenoxy) is 2. The predicted molar refractivity (Wildman–Crippen MR) is 31.0 cm³/mol. The SMILES string of the molecule is COC(=O)[C@@H]1OC1(C)C. The largest absolute Gasteiger partial charge is 0.467 e. The highest BCUT2D eigenvalue weighted by atomic mass is 16.6. The molecule has 52 valence electrons. The molecular formula is C6H10O3. The summed E-state index contributed by atoms with van der Waals surface area (Å²) in [7, 11) is 1.36. The Bertz CT molecular complexity index is 139. The van der Waals surface area contributed by atoms with Crippen LogP contribution < -0.4 is 0 Å². The minimum Gasteiger partial charge on any atom is -0.467 e. The number of esters is 1. The van der Waals surface area contributed by atoms with Gasteiger partial charge in [0.15, 0.2) is 6.10 Å². The summed E-state index contributed by atoms with van der Waals surface area (Å²) >= 11 is 0. The van der Waals surface area contributed by atoms with Gasteiger partial charge in [-0.15, -0.1) is 0 Å². The van der Waals surface area contributed by atoms with Crippen LogP contribution in [0.1, 0.15) is 13.8 Å². The molecule has 1 rings (SSSR count). The van der Waals surface area contributed by atoms with Gasteiger partial charge in [0.2, 0.25) is 0 Å². The summed E-state index contributed by atoms with van der Waals surface area (Å²) in [5.41, 5.74) is -0.285. The Kier molecular flexibility index (Phi) is 1.24. The van der Waals surface area contributed by atoms with Gasteiger partial charge in [0.25, 0.3) is 0 Å². The van der Waals surface area contributed by atoms with E-state index >= 15 is 0 Å². The third-order valence-electron chi connectivity index (χ3n) is 1.41. The molecule has 0 amide bonds. The second-order valence-corrected chi connectivity index (χ2v) is 2.62. The van der Waals surface area contributed by atoms with Gasteiger partial charge in [-0.25, -0.2) is 4.79 Å². The Labute approximate surface area is 53.9 Å². The van der Waals surface area contributed by atoms with Crippen molar-refractivity contribution in [3.63, 3.8) is 0 Å². The van der Waals surface area contributed by atoms with Crippen LogP contribution in [0.3, 0.4) is 0 Å². The maximum Gasteiger partial charge on any atom is 0.338 e. The highest BCUT2D eigenvalue weighted by Crippen LogP contribution is 2.35. The molecule has 1 fully saturated rings. The molecule has 0 radical (unpaired) electrons. The van der Waals surface area contributed by atoms with E-state index in [1.54, 1.807) is 0 Å². The van der Waals surface area contributed by atoms with Crippen LogP contribution in [0.2, 0.25) is 0 Å². The molecule has 9 heavy (non-hydrogen) atoms. The first-order valence-electron chi connectivity index (χ1n) is 2.83. The van der Waals surface area contributed by atoms with Crippen LogP contribution in [-0.2, 0) is 14.3 Å². The van der Waals surface area contributed by atoms with E-state index in [9.17, 15) is 4.79 Å². The minimum atomic E-state index is -0.331. The maximum atomic E-state index is 10.6. The monoisotopic (exact) mass is 130 g/mol. The van der Waals surface area contributed by atoms with Crippen molar-refractivity contribution in [1.29, 1.82) is 0 Å². The van der Waals surface area contributed by atoms with Crippen LogP contribution in [0.5, 0.6) is 0 Å². The van der Waals surface area contributed by atoms with Crippen molar-refractivity contribution in [2.75, 3.05) is 7.11 Å². The van der Waals surface area contributed by atoms with Gasteiger partial charge in [-0.05, 0) is 13.8 Å². The lowest BCUT2D eigenvalue weighted by molar-refractivity contribution is -0.142. The molecule has 1 aliphatic heterocycles. The molecule has 0 unspecified atom stereocenters. The van der Waals surface area contributed by atoms with Gasteiger partial charge in [-0.1, -0.05) is 0 Å². The van der Waals surface area contributed by atoms with Gasteiger partial charge in [0.05, 0.1) is 7.11 Å². The van der Waals surface area contributed by atoms with E-state index in [-0.39, 0.29) is 17.7 Å². The predicted octanol–water partition coefficient (Wildman–Crippen LogP) is 0.337. The molecule has 1 atom stereocenters. The molecule has 0 N–H and O–H groups in total. The minimum absolute atomic E-state index is 0.278. The summed E-state index contributed by atoms with van der Waals surface area (Å²) in [6.07, 6.45) is -0.331. The quantitative estimate of drug-likeness (QED) is 0.379. The summed E-state index contributed by atoms with van der Waals surface area (Å²) < 4.78 is 9.43. The molecule has 1 saturated heterocycles. The lowest BCUT2D eigenvalue weighted by Crippen LogP contribution is -2.15. The Balaban J connectivity index is 2.42. The Morgan fingerprint density at radius 2 is 2.11 bits per heavy atom. The van der Waals surface area contributed by atoms with E-state index in [1.807, 2.05) is 13.8 Å². The number of hydrogen-bond acceptors (Lipinski definition) is 3. The summed E-state index contributed by atoms with van der Waals surface area (Å²) in [5, 5.41) is 0. The lowest BCUT2D eigenvalue weighted by atomic mass is 10.1. The fraction of sp³-hybridized carbons (Fsp3) is 0.833. The normalized spacial score (nSPS) is 29.4. The smallest absolute Gasteiger partial charge is 0.338 e. The van der Waals surface area contributed by atoms with Crippen molar-refractivity contribution >= 4 is 5.97 Å². The van der Waals surface area contributed by atoms with Gasteiger partial charge >= 0.3 is 5.97 Å². The van der Waals surface area contributed by atoms with E-state index in [0.29, 0.717) is 0 Å². The third-order valence-corrected chi connectivity index (χ3v) is 1.41. The first kappa shape index (κ1) is 6.55. The van der Waals surface area contributed by atoms with E-state index < -0.39 is 0 Å². The van der Waals surface area contributed by atoms with E-state index in [1.165, 1.54) is 7.11 Å². The zero-order chi connectivity index (χ0) is 7.07. The van der Waals surface area contributed by atoms with Crippen molar-refractivity contribution in [3.05, 3.63) is 0 Å². The van der Waals surface area contributed by atoms with Crippen LogP contribution in [0.25, 0.3) is 0 Å². The summed E-state index contributed by atoms with van der Waals surface area (Å²) in [6.45, 7) is 3.71. The van der Waals surface area contributed by atoms with Gasteiger partial charge in [0, 0.05) is 0 Å². The van der Waals surface area contributed by atoms with Crippen LogP contribution in [0.4, 0.5) is 0 Å². The van der Waals surface area contributed by atoms with Crippen molar-refractivity contribution in [2.45, 2.75) is 25.6 Å². The van der Waals surface area contributed by atoms with Gasteiger partial charge in [-0.3, -0.25) is 0 Å². The topological polar surface area (TPSA) is 38.8 Å². The Morgan fingerprint density at radius 3 is 2.22 bits per heavy atom. The zero-order valence-corrected chi connectivity index (χ0v) is 5.80. The fourth-order valence-corrected chi connectivity index (χ4v) is 0.709.